The SMILES string of the molecule is Cc1nc(-c2ccc3c(c2)N(C(C)C(=O)OCc2ccccc2)C(=O)CO3)cs1. The highest BCUT2D eigenvalue weighted by atomic mass is 32.1. The fourth-order valence-electron chi connectivity index (χ4n) is 3.21. The summed E-state index contributed by atoms with van der Waals surface area (Å²) < 4.78 is 11.0. The highest BCUT2D eigenvalue weighted by Crippen LogP contribution is 2.37. The van der Waals surface area contributed by atoms with Crippen LogP contribution in [0.1, 0.15) is 17.5 Å². The molecule has 1 aromatic heterocycles. The number of anilines is 1. The van der Waals surface area contributed by atoms with E-state index in [9.17, 15) is 9.59 Å². The summed E-state index contributed by atoms with van der Waals surface area (Å²) >= 11 is 1.56. The van der Waals surface area contributed by atoms with Gasteiger partial charge in [-0.15, -0.1) is 11.3 Å². The van der Waals surface area contributed by atoms with Gasteiger partial charge in [0.15, 0.2) is 6.61 Å². The molecule has 1 aliphatic rings. The lowest BCUT2D eigenvalue weighted by Crippen LogP contribution is -2.48. The van der Waals surface area contributed by atoms with Gasteiger partial charge in [-0.2, -0.15) is 0 Å². The summed E-state index contributed by atoms with van der Waals surface area (Å²) in [6.07, 6.45) is 0. The second kappa shape index (κ2) is 8.05. The maximum atomic E-state index is 12.7. The van der Waals surface area contributed by atoms with Gasteiger partial charge in [-0.25, -0.2) is 9.78 Å². The first-order chi connectivity index (χ1) is 14.0. The molecule has 0 spiro atoms. The van der Waals surface area contributed by atoms with Crippen LogP contribution in [0.2, 0.25) is 0 Å². The number of aryl methyl sites for hydroxylation is 1. The molecule has 1 atom stereocenters. The van der Waals surface area contributed by atoms with Gasteiger partial charge in [0.1, 0.15) is 18.4 Å². The van der Waals surface area contributed by atoms with Crippen molar-refractivity contribution in [3.63, 3.8) is 0 Å². The minimum Gasteiger partial charge on any atom is -0.482 e. The number of esters is 1. The highest BCUT2D eigenvalue weighted by Gasteiger charge is 2.34. The van der Waals surface area contributed by atoms with Gasteiger partial charge in [0.05, 0.1) is 16.4 Å². The molecule has 0 radical (unpaired) electrons. The third-order valence-corrected chi connectivity index (χ3v) is 5.48. The van der Waals surface area contributed by atoms with Gasteiger partial charge in [-0.1, -0.05) is 30.3 Å². The predicted octanol–water partition coefficient (Wildman–Crippen LogP) is 3.98. The zero-order chi connectivity index (χ0) is 20.4. The van der Waals surface area contributed by atoms with Crippen molar-refractivity contribution in [3.05, 3.63) is 64.5 Å². The van der Waals surface area contributed by atoms with Crippen molar-refractivity contribution in [1.82, 2.24) is 4.98 Å². The Hall–Kier alpha value is -3.19. The van der Waals surface area contributed by atoms with Crippen molar-refractivity contribution in [2.75, 3.05) is 11.5 Å². The van der Waals surface area contributed by atoms with E-state index in [2.05, 4.69) is 4.98 Å². The molecule has 0 N–H and O–H groups in total. The molecule has 1 aliphatic heterocycles. The number of amides is 1. The number of ether oxygens (including phenoxy) is 2. The van der Waals surface area contributed by atoms with Crippen molar-refractivity contribution in [2.45, 2.75) is 26.5 Å². The van der Waals surface area contributed by atoms with Gasteiger partial charge < -0.3 is 9.47 Å². The number of nitrogens with zero attached hydrogens (tertiary/aromatic N) is 2. The van der Waals surface area contributed by atoms with Crippen LogP contribution in [0.4, 0.5) is 5.69 Å². The Balaban J connectivity index is 1.58. The van der Waals surface area contributed by atoms with Crippen LogP contribution in [0.3, 0.4) is 0 Å². The van der Waals surface area contributed by atoms with Crippen molar-refractivity contribution in [1.29, 1.82) is 0 Å². The van der Waals surface area contributed by atoms with E-state index in [0.717, 1.165) is 21.8 Å². The Bertz CT molecular complexity index is 1050. The average Bonchev–Trinajstić information content (AvgIpc) is 3.18. The molecule has 7 heteroatoms. The van der Waals surface area contributed by atoms with Gasteiger partial charge >= 0.3 is 5.97 Å². The first-order valence-corrected chi connectivity index (χ1v) is 10.1. The summed E-state index contributed by atoms with van der Waals surface area (Å²) in [6, 6.07) is 14.2. The zero-order valence-electron chi connectivity index (χ0n) is 16.1. The molecule has 148 valence electrons. The third-order valence-electron chi connectivity index (χ3n) is 4.71. The number of hydrogen-bond donors (Lipinski definition) is 0. The van der Waals surface area contributed by atoms with Crippen LogP contribution >= 0.6 is 11.3 Å². The summed E-state index contributed by atoms with van der Waals surface area (Å²) in [7, 11) is 0. The van der Waals surface area contributed by atoms with E-state index < -0.39 is 12.0 Å². The molecule has 1 amide bonds. The van der Waals surface area contributed by atoms with Crippen LogP contribution in [0.5, 0.6) is 5.75 Å². The molecule has 2 aromatic carbocycles. The maximum Gasteiger partial charge on any atom is 0.329 e. The topological polar surface area (TPSA) is 68.7 Å². The number of carbonyl (C=O) groups is 2. The molecule has 1 unspecified atom stereocenters. The van der Waals surface area contributed by atoms with E-state index in [0.29, 0.717) is 11.4 Å². The van der Waals surface area contributed by atoms with Gasteiger partial charge in [0.2, 0.25) is 0 Å². The monoisotopic (exact) mass is 408 g/mol. The van der Waals surface area contributed by atoms with Crippen molar-refractivity contribution in [2.24, 2.45) is 0 Å². The second-order valence-corrected chi connectivity index (χ2v) is 7.82. The number of carbonyl (C=O) groups excluding carboxylic acids is 2. The molecule has 0 fully saturated rings. The molecule has 2 heterocycles. The lowest BCUT2D eigenvalue weighted by atomic mass is 10.1. The van der Waals surface area contributed by atoms with Crippen molar-refractivity contribution < 1.29 is 19.1 Å². The number of aromatic nitrogens is 1. The van der Waals surface area contributed by atoms with E-state index >= 15 is 0 Å². The van der Waals surface area contributed by atoms with Crippen molar-refractivity contribution in [3.8, 4) is 17.0 Å². The first-order valence-electron chi connectivity index (χ1n) is 9.25. The largest absolute Gasteiger partial charge is 0.482 e. The smallest absolute Gasteiger partial charge is 0.329 e. The Kier molecular flexibility index (Phi) is 5.31. The van der Waals surface area contributed by atoms with E-state index in [-0.39, 0.29) is 19.1 Å². The maximum absolute atomic E-state index is 12.7. The average molecular weight is 408 g/mol. The Morgan fingerprint density at radius 2 is 2.07 bits per heavy atom. The number of fused-ring (bicyclic) bond motifs is 1. The molecule has 29 heavy (non-hydrogen) atoms. The fraction of sp³-hybridized carbons (Fsp3) is 0.227. The Morgan fingerprint density at radius 1 is 1.28 bits per heavy atom. The van der Waals surface area contributed by atoms with Gasteiger partial charge in [-0.3, -0.25) is 9.69 Å². The van der Waals surface area contributed by atoms with Gasteiger partial charge in [0.25, 0.3) is 5.91 Å². The van der Waals surface area contributed by atoms with Gasteiger partial charge in [0, 0.05) is 10.9 Å². The minimum absolute atomic E-state index is 0.113. The lowest BCUT2D eigenvalue weighted by Gasteiger charge is -2.33. The summed E-state index contributed by atoms with van der Waals surface area (Å²) in [5, 5.41) is 2.92. The number of benzene rings is 2. The molecule has 0 aliphatic carbocycles. The van der Waals surface area contributed by atoms with Crippen LogP contribution in [-0.4, -0.2) is 29.5 Å². The molecule has 0 bridgehead atoms. The standard InChI is InChI=1S/C22H20N2O4S/c1-14(22(26)28-11-16-6-4-3-5-7-16)24-19-10-17(18-13-29-15(2)23-18)8-9-20(19)27-12-21(24)25/h3-10,13-14H,11-12H2,1-2H3. The molecule has 4 rings (SSSR count). The van der Waals surface area contributed by atoms with Crippen LogP contribution in [-0.2, 0) is 20.9 Å². The molecule has 0 saturated heterocycles. The third kappa shape index (κ3) is 4.00. The van der Waals surface area contributed by atoms with Crippen molar-refractivity contribution >= 4 is 28.9 Å². The quantitative estimate of drug-likeness (QED) is 0.598. The minimum atomic E-state index is -0.777. The van der Waals surface area contributed by atoms with E-state index in [1.807, 2.05) is 54.8 Å². The molecular weight excluding hydrogens is 388 g/mol. The van der Waals surface area contributed by atoms with E-state index in [1.165, 1.54) is 4.90 Å². The number of rotatable bonds is 5. The molecule has 0 saturated carbocycles. The lowest BCUT2D eigenvalue weighted by molar-refractivity contribution is -0.147. The first kappa shape index (κ1) is 19.1. The van der Waals surface area contributed by atoms with E-state index in [4.69, 9.17) is 9.47 Å². The fourth-order valence-corrected chi connectivity index (χ4v) is 3.83. The highest BCUT2D eigenvalue weighted by molar-refractivity contribution is 7.09. The second-order valence-electron chi connectivity index (χ2n) is 6.76. The summed E-state index contributed by atoms with van der Waals surface area (Å²) in [5.74, 6) is -0.193. The zero-order valence-corrected chi connectivity index (χ0v) is 16.9. The Morgan fingerprint density at radius 3 is 2.79 bits per heavy atom. The van der Waals surface area contributed by atoms with Crippen LogP contribution in [0.15, 0.2) is 53.9 Å². The normalized spacial score (nSPS) is 14.1. The van der Waals surface area contributed by atoms with E-state index in [1.54, 1.807) is 24.3 Å². The van der Waals surface area contributed by atoms with Crippen LogP contribution in [0.25, 0.3) is 11.3 Å². The summed E-state index contributed by atoms with van der Waals surface area (Å²) in [6.45, 7) is 3.66. The molecular formula is C22H20N2O4S. The Labute approximate surface area is 172 Å². The number of hydrogen-bond acceptors (Lipinski definition) is 6. The molecule has 3 aromatic rings. The van der Waals surface area contributed by atoms with Crippen LogP contribution < -0.4 is 9.64 Å². The predicted molar refractivity (Wildman–Crippen MR) is 111 cm³/mol. The molecule has 6 nitrogen and oxygen atoms in total. The summed E-state index contributed by atoms with van der Waals surface area (Å²) in [4.78, 5) is 31.2. The number of thiazole rings is 1. The summed E-state index contributed by atoms with van der Waals surface area (Å²) in [5.41, 5.74) is 3.13. The van der Waals surface area contributed by atoms with Crippen LogP contribution in [0, 0.1) is 6.92 Å². The van der Waals surface area contributed by atoms with Gasteiger partial charge in [-0.05, 0) is 37.6 Å².